The number of ether oxygens (including phenoxy) is 1. The molecule has 11 heteroatoms. The Labute approximate surface area is 204 Å². The summed E-state index contributed by atoms with van der Waals surface area (Å²) in [6.45, 7) is 4.14. The lowest BCUT2D eigenvalue weighted by Gasteiger charge is -2.17. The van der Waals surface area contributed by atoms with Gasteiger partial charge in [0.1, 0.15) is 17.1 Å². The van der Waals surface area contributed by atoms with E-state index in [0.717, 1.165) is 55.1 Å². The van der Waals surface area contributed by atoms with Gasteiger partial charge in [0.15, 0.2) is 0 Å². The van der Waals surface area contributed by atoms with Crippen LogP contribution in [-0.4, -0.2) is 39.1 Å². The fourth-order valence-electron chi connectivity index (χ4n) is 4.15. The van der Waals surface area contributed by atoms with Crippen LogP contribution < -0.4 is 15.2 Å². The van der Waals surface area contributed by atoms with Gasteiger partial charge in [0.05, 0.1) is 6.54 Å². The molecule has 5 rings (SSSR count). The number of halogens is 3. The smallest absolute Gasteiger partial charge is 0.406 e. The SMILES string of the molecule is Cc1ccc(-c2nc(-c3ccc(OC(F)(F)F)cc3)no2)c(=O)n1Cc1ccnc(N2CCCC2)c1. The third kappa shape index (κ3) is 5.09. The Balaban J connectivity index is 1.39. The zero-order chi connectivity index (χ0) is 25.3. The van der Waals surface area contributed by atoms with Crippen LogP contribution in [-0.2, 0) is 6.54 Å². The predicted octanol–water partition coefficient (Wildman–Crippen LogP) is 4.82. The second-order valence-corrected chi connectivity index (χ2v) is 8.49. The van der Waals surface area contributed by atoms with Crippen molar-refractivity contribution in [1.29, 1.82) is 0 Å². The van der Waals surface area contributed by atoms with E-state index < -0.39 is 6.36 Å². The van der Waals surface area contributed by atoms with E-state index >= 15 is 0 Å². The number of hydrogen-bond donors (Lipinski definition) is 0. The molecule has 0 spiro atoms. The van der Waals surface area contributed by atoms with Gasteiger partial charge in [-0.3, -0.25) is 4.79 Å². The maximum absolute atomic E-state index is 13.3. The quantitative estimate of drug-likeness (QED) is 0.378. The Morgan fingerprint density at radius 1 is 1.06 bits per heavy atom. The zero-order valence-electron chi connectivity index (χ0n) is 19.3. The molecule has 0 amide bonds. The standard InChI is InChI=1S/C25H22F3N5O3/c1-16-4-9-20(23-30-22(31-36-23)18-5-7-19(8-6-18)35-25(26,27)28)24(34)33(16)15-17-10-11-29-21(14-17)32-12-2-3-13-32/h4-11,14H,2-3,12-13,15H2,1H3. The molecule has 3 aromatic heterocycles. The number of rotatable bonds is 6. The predicted molar refractivity (Wildman–Crippen MR) is 126 cm³/mol. The van der Waals surface area contributed by atoms with Gasteiger partial charge in [0.2, 0.25) is 5.82 Å². The van der Waals surface area contributed by atoms with E-state index in [1.165, 1.54) is 12.1 Å². The van der Waals surface area contributed by atoms with Crippen LogP contribution in [0.15, 0.2) is 64.0 Å². The molecule has 36 heavy (non-hydrogen) atoms. The Morgan fingerprint density at radius 2 is 1.81 bits per heavy atom. The van der Waals surface area contributed by atoms with E-state index in [1.54, 1.807) is 22.9 Å². The summed E-state index contributed by atoms with van der Waals surface area (Å²) >= 11 is 0. The lowest BCUT2D eigenvalue weighted by atomic mass is 10.2. The number of anilines is 1. The van der Waals surface area contributed by atoms with Gasteiger partial charge in [-0.15, -0.1) is 13.2 Å². The Bertz CT molecular complexity index is 1420. The van der Waals surface area contributed by atoms with Gasteiger partial charge in [0.25, 0.3) is 11.4 Å². The van der Waals surface area contributed by atoms with E-state index in [-0.39, 0.29) is 28.6 Å². The van der Waals surface area contributed by atoms with E-state index in [4.69, 9.17) is 4.52 Å². The van der Waals surface area contributed by atoms with Crippen molar-refractivity contribution in [2.24, 2.45) is 0 Å². The van der Waals surface area contributed by atoms with Gasteiger partial charge in [-0.25, -0.2) is 4.98 Å². The van der Waals surface area contributed by atoms with Crippen molar-refractivity contribution in [3.8, 4) is 28.6 Å². The Kier molecular flexibility index (Phi) is 6.21. The average Bonchev–Trinajstić information content (AvgIpc) is 3.54. The first kappa shape index (κ1) is 23.6. The van der Waals surface area contributed by atoms with E-state index in [2.05, 4.69) is 24.8 Å². The normalized spacial score (nSPS) is 13.8. The lowest BCUT2D eigenvalue weighted by molar-refractivity contribution is -0.274. The average molecular weight is 497 g/mol. The van der Waals surface area contributed by atoms with E-state index in [1.807, 2.05) is 19.1 Å². The van der Waals surface area contributed by atoms with Crippen molar-refractivity contribution in [2.75, 3.05) is 18.0 Å². The molecule has 0 N–H and O–H groups in total. The summed E-state index contributed by atoms with van der Waals surface area (Å²) in [5.74, 6) is 0.701. The van der Waals surface area contributed by atoms with Crippen molar-refractivity contribution in [1.82, 2.24) is 19.7 Å². The topological polar surface area (TPSA) is 86.3 Å². The van der Waals surface area contributed by atoms with Gasteiger partial charge in [0, 0.05) is 30.5 Å². The molecular weight excluding hydrogens is 475 g/mol. The molecule has 0 radical (unpaired) electrons. The van der Waals surface area contributed by atoms with Crippen LogP contribution in [0.4, 0.5) is 19.0 Å². The fraction of sp³-hybridized carbons (Fsp3) is 0.280. The molecule has 4 heterocycles. The number of aryl methyl sites for hydroxylation is 1. The number of nitrogens with zero attached hydrogens (tertiary/aromatic N) is 5. The molecule has 0 unspecified atom stereocenters. The summed E-state index contributed by atoms with van der Waals surface area (Å²) in [6, 6.07) is 12.4. The van der Waals surface area contributed by atoms with Gasteiger partial charge in [-0.1, -0.05) is 5.16 Å². The monoisotopic (exact) mass is 497 g/mol. The third-order valence-corrected chi connectivity index (χ3v) is 5.98. The van der Waals surface area contributed by atoms with Crippen LogP contribution >= 0.6 is 0 Å². The number of pyridine rings is 2. The van der Waals surface area contributed by atoms with Crippen molar-refractivity contribution in [3.05, 3.63) is 76.3 Å². The first-order chi connectivity index (χ1) is 17.3. The van der Waals surface area contributed by atoms with Crippen molar-refractivity contribution in [3.63, 3.8) is 0 Å². The van der Waals surface area contributed by atoms with Crippen LogP contribution in [0, 0.1) is 6.92 Å². The van der Waals surface area contributed by atoms with Gasteiger partial charge >= 0.3 is 6.36 Å². The van der Waals surface area contributed by atoms with Crippen molar-refractivity contribution in [2.45, 2.75) is 32.7 Å². The summed E-state index contributed by atoms with van der Waals surface area (Å²) in [4.78, 5) is 24.3. The minimum absolute atomic E-state index is 0.0202. The molecule has 1 aliphatic rings. The van der Waals surface area contributed by atoms with Crippen molar-refractivity contribution >= 4 is 5.82 Å². The molecule has 1 aliphatic heterocycles. The summed E-state index contributed by atoms with van der Waals surface area (Å²) < 4.78 is 48.0. The third-order valence-electron chi connectivity index (χ3n) is 5.98. The van der Waals surface area contributed by atoms with Gasteiger partial charge < -0.3 is 18.7 Å². The second kappa shape index (κ2) is 9.48. The highest BCUT2D eigenvalue weighted by Crippen LogP contribution is 2.26. The van der Waals surface area contributed by atoms with Crippen LogP contribution in [0.5, 0.6) is 5.75 Å². The molecule has 1 fully saturated rings. The first-order valence-electron chi connectivity index (χ1n) is 11.4. The number of hydrogen-bond acceptors (Lipinski definition) is 7. The molecule has 8 nitrogen and oxygen atoms in total. The van der Waals surface area contributed by atoms with Crippen LogP contribution in [0.1, 0.15) is 24.1 Å². The van der Waals surface area contributed by atoms with Crippen LogP contribution in [0.25, 0.3) is 22.8 Å². The largest absolute Gasteiger partial charge is 0.573 e. The molecule has 0 atom stereocenters. The zero-order valence-corrected chi connectivity index (χ0v) is 19.3. The Morgan fingerprint density at radius 3 is 2.53 bits per heavy atom. The van der Waals surface area contributed by atoms with Crippen molar-refractivity contribution < 1.29 is 22.4 Å². The summed E-state index contributed by atoms with van der Waals surface area (Å²) in [5, 5.41) is 3.89. The maximum atomic E-state index is 13.3. The minimum Gasteiger partial charge on any atom is -0.406 e. The highest BCUT2D eigenvalue weighted by atomic mass is 19.4. The molecule has 0 aliphatic carbocycles. The van der Waals surface area contributed by atoms with Gasteiger partial charge in [-0.2, -0.15) is 4.98 Å². The summed E-state index contributed by atoms with van der Waals surface area (Å²) in [5.41, 5.74) is 2.06. The summed E-state index contributed by atoms with van der Waals surface area (Å²) in [6.07, 6.45) is -0.741. The van der Waals surface area contributed by atoms with Crippen LogP contribution in [0.2, 0.25) is 0 Å². The molecule has 0 saturated carbocycles. The number of aromatic nitrogens is 4. The highest BCUT2D eigenvalue weighted by Gasteiger charge is 2.31. The number of benzene rings is 1. The molecule has 4 aromatic rings. The fourth-order valence-corrected chi connectivity index (χ4v) is 4.15. The lowest BCUT2D eigenvalue weighted by Crippen LogP contribution is -2.24. The molecule has 1 saturated heterocycles. The molecule has 0 bridgehead atoms. The minimum atomic E-state index is -4.78. The van der Waals surface area contributed by atoms with Crippen LogP contribution in [0.3, 0.4) is 0 Å². The Hall–Kier alpha value is -4.15. The highest BCUT2D eigenvalue weighted by molar-refractivity contribution is 5.60. The first-order valence-corrected chi connectivity index (χ1v) is 11.4. The van der Waals surface area contributed by atoms with Gasteiger partial charge in [-0.05, 0) is 73.9 Å². The number of alkyl halides is 3. The van der Waals surface area contributed by atoms with E-state index in [0.29, 0.717) is 12.1 Å². The molecule has 186 valence electrons. The maximum Gasteiger partial charge on any atom is 0.573 e. The summed E-state index contributed by atoms with van der Waals surface area (Å²) in [7, 11) is 0. The molecule has 1 aromatic carbocycles. The molecular formula is C25H22F3N5O3. The second-order valence-electron chi connectivity index (χ2n) is 8.49. The van der Waals surface area contributed by atoms with E-state index in [9.17, 15) is 18.0 Å².